The highest BCUT2D eigenvalue weighted by molar-refractivity contribution is 9.09. The number of carbonyl (C=O) groups is 3. The maximum Gasteiger partial charge on any atom is 0.336 e. The van der Waals surface area contributed by atoms with E-state index in [1.165, 1.54) is 25.1 Å². The summed E-state index contributed by atoms with van der Waals surface area (Å²) in [4.78, 5) is 32.0. The molecule has 4 nitrogen and oxygen atoms in total. The number of Topliss-reactive ketones (excluding diaryl/α,β-unsaturated/α-hetero) is 1. The van der Waals surface area contributed by atoms with Gasteiger partial charge in [-0.1, -0.05) is 28.1 Å². The van der Waals surface area contributed by atoms with Crippen LogP contribution in [0.2, 0.25) is 0 Å². The quantitative estimate of drug-likeness (QED) is 0.680. The molecule has 16 heavy (non-hydrogen) atoms. The predicted molar refractivity (Wildman–Crippen MR) is 61.1 cm³/mol. The van der Waals surface area contributed by atoms with Gasteiger partial charge in [0.15, 0.2) is 0 Å². The van der Waals surface area contributed by atoms with Crippen molar-refractivity contribution in [1.82, 2.24) is 0 Å². The summed E-state index contributed by atoms with van der Waals surface area (Å²) in [6, 6.07) is 4.20. The Morgan fingerprint density at radius 3 is 2.50 bits per heavy atom. The zero-order valence-corrected chi connectivity index (χ0v) is 10.0. The van der Waals surface area contributed by atoms with Crippen molar-refractivity contribution < 1.29 is 19.5 Å². The molecule has 0 heterocycles. The van der Waals surface area contributed by atoms with Crippen LogP contribution in [0.3, 0.4) is 0 Å². The van der Waals surface area contributed by atoms with Gasteiger partial charge in [0.05, 0.1) is 10.4 Å². The molecule has 0 aliphatic rings. The monoisotopic (exact) mass is 284 g/mol. The highest BCUT2D eigenvalue weighted by atomic mass is 79.9. The van der Waals surface area contributed by atoms with E-state index in [0.717, 1.165) is 0 Å². The van der Waals surface area contributed by atoms with Gasteiger partial charge in [-0.05, 0) is 18.6 Å². The SMILES string of the molecule is CC(=O)C(Br)c1ccc(C=O)cc1C(=O)O. The summed E-state index contributed by atoms with van der Waals surface area (Å²) < 4.78 is 0. The van der Waals surface area contributed by atoms with E-state index in [1.807, 2.05) is 0 Å². The van der Waals surface area contributed by atoms with E-state index in [9.17, 15) is 14.4 Å². The van der Waals surface area contributed by atoms with E-state index in [-0.39, 0.29) is 16.9 Å². The summed E-state index contributed by atoms with van der Waals surface area (Å²) in [5, 5.41) is 8.97. The first-order valence-corrected chi connectivity index (χ1v) is 5.36. The topological polar surface area (TPSA) is 71.4 Å². The number of ketones is 1. The van der Waals surface area contributed by atoms with Crippen molar-refractivity contribution in [2.24, 2.45) is 0 Å². The lowest BCUT2D eigenvalue weighted by Crippen LogP contribution is -2.09. The Hall–Kier alpha value is -1.49. The predicted octanol–water partition coefficient (Wildman–Crippen LogP) is 2.22. The Morgan fingerprint density at radius 2 is 2.06 bits per heavy atom. The van der Waals surface area contributed by atoms with Gasteiger partial charge in [0.2, 0.25) is 0 Å². The van der Waals surface area contributed by atoms with Crippen molar-refractivity contribution in [3.05, 3.63) is 34.9 Å². The van der Waals surface area contributed by atoms with Crippen LogP contribution < -0.4 is 0 Å². The van der Waals surface area contributed by atoms with Crippen LogP contribution in [0.4, 0.5) is 0 Å². The third-order valence-electron chi connectivity index (χ3n) is 2.07. The maximum absolute atomic E-state index is 11.2. The lowest BCUT2D eigenvalue weighted by molar-refractivity contribution is -0.116. The Labute approximate surface area is 100 Å². The van der Waals surface area contributed by atoms with Crippen molar-refractivity contribution in [2.75, 3.05) is 0 Å². The molecule has 0 radical (unpaired) electrons. The second-order valence-electron chi connectivity index (χ2n) is 3.24. The normalized spacial score (nSPS) is 11.9. The van der Waals surface area contributed by atoms with Crippen LogP contribution in [0.1, 0.15) is 38.0 Å². The number of hydrogen-bond donors (Lipinski definition) is 1. The number of aromatic carboxylic acids is 1. The molecule has 0 amide bonds. The fourth-order valence-corrected chi connectivity index (χ4v) is 1.67. The van der Waals surface area contributed by atoms with Crippen molar-refractivity contribution in [3.63, 3.8) is 0 Å². The number of alkyl halides is 1. The van der Waals surface area contributed by atoms with Crippen LogP contribution in [0.15, 0.2) is 18.2 Å². The zero-order valence-electron chi connectivity index (χ0n) is 8.44. The van der Waals surface area contributed by atoms with E-state index in [0.29, 0.717) is 11.8 Å². The summed E-state index contributed by atoms with van der Waals surface area (Å²) in [6.07, 6.45) is 0.563. The van der Waals surface area contributed by atoms with Gasteiger partial charge in [0.25, 0.3) is 0 Å². The van der Waals surface area contributed by atoms with Crippen LogP contribution >= 0.6 is 15.9 Å². The van der Waals surface area contributed by atoms with Crippen molar-refractivity contribution in [2.45, 2.75) is 11.8 Å². The summed E-state index contributed by atoms with van der Waals surface area (Å²) in [6.45, 7) is 1.36. The molecular formula is C11H9BrO4. The summed E-state index contributed by atoms with van der Waals surface area (Å²) in [7, 11) is 0. The lowest BCUT2D eigenvalue weighted by Gasteiger charge is -2.10. The molecule has 0 aliphatic carbocycles. The molecule has 0 saturated heterocycles. The van der Waals surface area contributed by atoms with Crippen LogP contribution in [-0.4, -0.2) is 23.1 Å². The first-order valence-electron chi connectivity index (χ1n) is 4.44. The second-order valence-corrected chi connectivity index (χ2v) is 4.16. The first kappa shape index (κ1) is 12.6. The highest BCUT2D eigenvalue weighted by Crippen LogP contribution is 2.27. The molecule has 0 aliphatic heterocycles. The van der Waals surface area contributed by atoms with Gasteiger partial charge in [-0.15, -0.1) is 0 Å². The molecule has 1 aromatic carbocycles. The van der Waals surface area contributed by atoms with Crippen molar-refractivity contribution in [3.8, 4) is 0 Å². The Morgan fingerprint density at radius 1 is 1.44 bits per heavy atom. The number of benzene rings is 1. The molecule has 0 spiro atoms. The van der Waals surface area contributed by atoms with Gasteiger partial charge in [0, 0.05) is 5.56 Å². The van der Waals surface area contributed by atoms with Crippen LogP contribution in [0.5, 0.6) is 0 Å². The molecule has 1 atom stereocenters. The second kappa shape index (κ2) is 5.03. The number of hydrogen-bond acceptors (Lipinski definition) is 3. The minimum atomic E-state index is -1.16. The van der Waals surface area contributed by atoms with Gasteiger partial charge in [-0.2, -0.15) is 0 Å². The first-order chi connectivity index (χ1) is 7.47. The van der Waals surface area contributed by atoms with Gasteiger partial charge < -0.3 is 5.11 Å². The molecule has 5 heteroatoms. The maximum atomic E-state index is 11.2. The van der Waals surface area contributed by atoms with E-state index in [1.54, 1.807) is 0 Å². The Kier molecular flexibility index (Phi) is 3.95. The molecule has 1 rings (SSSR count). The number of rotatable bonds is 4. The Bertz CT molecular complexity index is 453. The fraction of sp³-hybridized carbons (Fsp3) is 0.182. The minimum Gasteiger partial charge on any atom is -0.478 e. The number of carboxylic acids is 1. The average molecular weight is 285 g/mol. The number of carboxylic acid groups (broad SMARTS) is 1. The third kappa shape index (κ3) is 2.55. The van der Waals surface area contributed by atoms with Gasteiger partial charge >= 0.3 is 5.97 Å². The number of aldehydes is 1. The number of carbonyl (C=O) groups excluding carboxylic acids is 2. The Balaban J connectivity index is 3.33. The fourth-order valence-electron chi connectivity index (χ4n) is 1.27. The van der Waals surface area contributed by atoms with Crippen molar-refractivity contribution in [1.29, 1.82) is 0 Å². The lowest BCUT2D eigenvalue weighted by atomic mass is 10.0. The standard InChI is InChI=1S/C11H9BrO4/c1-6(14)10(12)8-3-2-7(5-13)4-9(8)11(15)16/h2-5,10H,1H3,(H,15,16). The van der Waals surface area contributed by atoms with Crippen LogP contribution in [-0.2, 0) is 4.79 Å². The molecule has 0 bridgehead atoms. The van der Waals surface area contributed by atoms with Crippen LogP contribution in [0, 0.1) is 0 Å². The third-order valence-corrected chi connectivity index (χ3v) is 3.21. The summed E-state index contributed by atoms with van der Waals surface area (Å²) >= 11 is 3.11. The summed E-state index contributed by atoms with van der Waals surface area (Å²) in [5.74, 6) is -1.36. The van der Waals surface area contributed by atoms with Gasteiger partial charge in [-0.3, -0.25) is 9.59 Å². The van der Waals surface area contributed by atoms with Gasteiger partial charge in [-0.25, -0.2) is 4.79 Å². The van der Waals surface area contributed by atoms with Crippen molar-refractivity contribution >= 4 is 34.0 Å². The smallest absolute Gasteiger partial charge is 0.336 e. The molecule has 84 valence electrons. The minimum absolute atomic E-state index is 0.0401. The molecule has 1 unspecified atom stereocenters. The molecular weight excluding hydrogens is 276 g/mol. The zero-order chi connectivity index (χ0) is 12.3. The van der Waals surface area contributed by atoms with E-state index < -0.39 is 10.8 Å². The van der Waals surface area contributed by atoms with E-state index in [4.69, 9.17) is 5.11 Å². The van der Waals surface area contributed by atoms with E-state index in [2.05, 4.69) is 15.9 Å². The largest absolute Gasteiger partial charge is 0.478 e. The highest BCUT2D eigenvalue weighted by Gasteiger charge is 2.20. The molecule has 1 aromatic rings. The summed E-state index contributed by atoms with van der Waals surface area (Å²) in [5.41, 5.74) is 0.580. The average Bonchev–Trinajstić information content (AvgIpc) is 2.26. The van der Waals surface area contributed by atoms with E-state index >= 15 is 0 Å². The molecule has 0 fully saturated rings. The van der Waals surface area contributed by atoms with Gasteiger partial charge in [0.1, 0.15) is 12.1 Å². The molecule has 0 saturated carbocycles. The molecule has 1 N–H and O–H groups in total. The number of halogens is 1. The molecule has 0 aromatic heterocycles. The van der Waals surface area contributed by atoms with Crippen LogP contribution in [0.25, 0.3) is 0 Å².